The van der Waals surface area contributed by atoms with Crippen molar-refractivity contribution in [1.29, 1.82) is 0 Å². The van der Waals surface area contributed by atoms with Crippen LogP contribution in [0.25, 0.3) is 10.6 Å². The van der Waals surface area contributed by atoms with Gasteiger partial charge in [0.2, 0.25) is 5.91 Å². The normalized spacial score (nSPS) is 20.2. The van der Waals surface area contributed by atoms with Gasteiger partial charge in [0.25, 0.3) is 5.91 Å². The van der Waals surface area contributed by atoms with Crippen LogP contribution in [0.5, 0.6) is 5.75 Å². The summed E-state index contributed by atoms with van der Waals surface area (Å²) >= 11 is 1.59. The molecule has 1 aliphatic heterocycles. The average Bonchev–Trinajstić information content (AvgIpc) is 3.63. The second-order valence-electron chi connectivity index (χ2n) is 9.66. The number of amides is 2. The van der Waals surface area contributed by atoms with Crippen molar-refractivity contribution in [2.45, 2.75) is 70.6 Å². The number of hydrogen-bond donors (Lipinski definition) is 1. The number of aromatic nitrogens is 2. The predicted octanol–water partition coefficient (Wildman–Crippen LogP) is 4.87. The second-order valence-corrected chi connectivity index (χ2v) is 10.6. The van der Waals surface area contributed by atoms with Gasteiger partial charge >= 0.3 is 0 Å². The van der Waals surface area contributed by atoms with Crippen molar-refractivity contribution in [2.24, 2.45) is 0 Å². The highest BCUT2D eigenvalue weighted by Gasteiger charge is 2.48. The number of benzene rings is 1. The summed E-state index contributed by atoms with van der Waals surface area (Å²) in [6.07, 6.45) is 5.18. The third-order valence-corrected chi connectivity index (χ3v) is 7.88. The first-order chi connectivity index (χ1) is 17.0. The predicted molar refractivity (Wildman–Crippen MR) is 136 cm³/mol. The van der Waals surface area contributed by atoms with Gasteiger partial charge in [-0.1, -0.05) is 38.0 Å². The maximum Gasteiger partial charge on any atom is 0.273 e. The molecule has 1 N–H and O–H groups in total. The van der Waals surface area contributed by atoms with Crippen molar-refractivity contribution in [3.63, 3.8) is 0 Å². The van der Waals surface area contributed by atoms with Crippen LogP contribution < -0.4 is 10.1 Å². The standard InChI is InChI=1S/C27H32N4O3S/c1-3-14-34-21-12-10-19(11-13-21)17-30-25(32)23-16-22(24-9-6-15-35-24)29-31(23)18-27(30,2)26(33)28-20-7-4-5-8-20/h6,9-13,15-16,20H,3-5,7-8,14,17-18H2,1-2H3,(H,28,33)/t27-/m1/s1. The minimum Gasteiger partial charge on any atom is -0.494 e. The van der Waals surface area contributed by atoms with Crippen molar-refractivity contribution in [1.82, 2.24) is 20.0 Å². The molecule has 2 amide bonds. The molecular weight excluding hydrogens is 460 g/mol. The monoisotopic (exact) mass is 492 g/mol. The van der Waals surface area contributed by atoms with Crippen LogP contribution in [-0.2, 0) is 17.9 Å². The zero-order valence-corrected chi connectivity index (χ0v) is 21.1. The number of hydrogen-bond acceptors (Lipinski definition) is 5. The minimum absolute atomic E-state index is 0.112. The molecule has 1 saturated carbocycles. The van der Waals surface area contributed by atoms with E-state index in [9.17, 15) is 9.59 Å². The summed E-state index contributed by atoms with van der Waals surface area (Å²) in [5.74, 6) is 0.516. The number of nitrogens with one attached hydrogen (secondary N) is 1. The van der Waals surface area contributed by atoms with E-state index in [1.54, 1.807) is 20.9 Å². The lowest BCUT2D eigenvalue weighted by Crippen LogP contribution is -2.64. The first kappa shape index (κ1) is 23.6. The summed E-state index contributed by atoms with van der Waals surface area (Å²) in [5, 5.41) is 9.94. The molecule has 1 fully saturated rings. The molecule has 3 aromatic rings. The molecule has 7 nitrogen and oxygen atoms in total. The quantitative estimate of drug-likeness (QED) is 0.487. The summed E-state index contributed by atoms with van der Waals surface area (Å²) in [4.78, 5) is 30.2. The molecule has 2 aliphatic rings. The fraction of sp³-hybridized carbons (Fsp3) is 0.444. The number of ether oxygens (including phenoxy) is 1. The molecule has 0 radical (unpaired) electrons. The number of fused-ring (bicyclic) bond motifs is 1. The number of nitrogens with zero attached hydrogens (tertiary/aromatic N) is 3. The Hall–Kier alpha value is -3.13. The lowest BCUT2D eigenvalue weighted by Gasteiger charge is -2.43. The Balaban J connectivity index is 1.46. The van der Waals surface area contributed by atoms with Crippen molar-refractivity contribution < 1.29 is 14.3 Å². The molecule has 5 rings (SSSR count). The lowest BCUT2D eigenvalue weighted by atomic mass is 9.93. The summed E-state index contributed by atoms with van der Waals surface area (Å²) in [5.41, 5.74) is 1.18. The lowest BCUT2D eigenvalue weighted by molar-refractivity contribution is -0.134. The van der Waals surface area contributed by atoms with E-state index in [4.69, 9.17) is 9.84 Å². The number of rotatable bonds is 8. The Morgan fingerprint density at radius 3 is 2.69 bits per heavy atom. The molecule has 184 valence electrons. The zero-order valence-electron chi connectivity index (χ0n) is 20.3. The Kier molecular flexibility index (Phi) is 6.65. The molecule has 2 aromatic heterocycles. The highest BCUT2D eigenvalue weighted by atomic mass is 32.1. The zero-order chi connectivity index (χ0) is 24.4. The van der Waals surface area contributed by atoms with Crippen LogP contribution >= 0.6 is 11.3 Å². The van der Waals surface area contributed by atoms with Gasteiger partial charge in [-0.3, -0.25) is 14.3 Å². The van der Waals surface area contributed by atoms with Gasteiger partial charge in [-0.15, -0.1) is 11.3 Å². The van der Waals surface area contributed by atoms with E-state index in [-0.39, 0.29) is 17.9 Å². The molecule has 0 spiro atoms. The van der Waals surface area contributed by atoms with Crippen LogP contribution in [-0.4, -0.2) is 44.7 Å². The van der Waals surface area contributed by atoms with Gasteiger partial charge in [0.1, 0.15) is 22.7 Å². The molecule has 8 heteroatoms. The van der Waals surface area contributed by atoms with Gasteiger partial charge in [0.05, 0.1) is 18.0 Å². The molecule has 0 bridgehead atoms. The number of thiophene rings is 1. The molecule has 3 heterocycles. The molecule has 35 heavy (non-hydrogen) atoms. The van der Waals surface area contributed by atoms with Crippen molar-refractivity contribution in [3.8, 4) is 16.3 Å². The van der Waals surface area contributed by atoms with Gasteiger partial charge < -0.3 is 15.0 Å². The van der Waals surface area contributed by atoms with Gasteiger partial charge in [-0.05, 0) is 61.4 Å². The first-order valence-electron chi connectivity index (χ1n) is 12.4. The summed E-state index contributed by atoms with van der Waals surface area (Å²) in [6, 6.07) is 13.8. The van der Waals surface area contributed by atoms with Crippen LogP contribution in [0, 0.1) is 0 Å². The van der Waals surface area contributed by atoms with Crippen molar-refractivity contribution in [2.75, 3.05) is 6.61 Å². The maximum atomic E-state index is 13.8. The fourth-order valence-electron chi connectivity index (χ4n) is 4.94. The van der Waals surface area contributed by atoms with Crippen LogP contribution in [0.1, 0.15) is 62.0 Å². The van der Waals surface area contributed by atoms with E-state index >= 15 is 0 Å². The third-order valence-electron chi connectivity index (χ3n) is 6.99. The summed E-state index contributed by atoms with van der Waals surface area (Å²) in [6.45, 7) is 5.25. The van der Waals surface area contributed by atoms with Crippen LogP contribution in [0.15, 0.2) is 47.8 Å². The third kappa shape index (κ3) is 4.72. The summed E-state index contributed by atoms with van der Waals surface area (Å²) < 4.78 is 7.42. The minimum atomic E-state index is -1.05. The van der Waals surface area contributed by atoms with Gasteiger partial charge in [0, 0.05) is 12.6 Å². The summed E-state index contributed by atoms with van der Waals surface area (Å²) in [7, 11) is 0. The highest BCUT2D eigenvalue weighted by Crippen LogP contribution is 2.33. The van der Waals surface area contributed by atoms with E-state index in [0.29, 0.717) is 25.4 Å². The van der Waals surface area contributed by atoms with Gasteiger partial charge in [-0.25, -0.2) is 0 Å². The Labute approximate surface area is 210 Å². The largest absolute Gasteiger partial charge is 0.494 e. The van der Waals surface area contributed by atoms with E-state index in [1.165, 1.54) is 0 Å². The molecule has 0 saturated heterocycles. The molecule has 1 aliphatic carbocycles. The van der Waals surface area contributed by atoms with E-state index < -0.39 is 5.54 Å². The fourth-order valence-corrected chi connectivity index (χ4v) is 5.62. The van der Waals surface area contributed by atoms with Crippen LogP contribution in [0.4, 0.5) is 0 Å². The van der Waals surface area contributed by atoms with Crippen LogP contribution in [0.3, 0.4) is 0 Å². The Morgan fingerprint density at radius 2 is 2.00 bits per heavy atom. The number of carbonyl (C=O) groups is 2. The van der Waals surface area contributed by atoms with Gasteiger partial charge in [-0.2, -0.15) is 5.10 Å². The van der Waals surface area contributed by atoms with E-state index in [1.807, 2.05) is 54.8 Å². The molecule has 1 atom stereocenters. The second kappa shape index (κ2) is 9.85. The van der Waals surface area contributed by atoms with Crippen molar-refractivity contribution in [3.05, 3.63) is 59.1 Å². The Bertz CT molecular complexity index is 1180. The van der Waals surface area contributed by atoms with Crippen molar-refractivity contribution >= 4 is 23.2 Å². The Morgan fingerprint density at radius 1 is 1.23 bits per heavy atom. The topological polar surface area (TPSA) is 76.5 Å². The number of carbonyl (C=O) groups excluding carboxylic acids is 2. The molecule has 0 unspecified atom stereocenters. The first-order valence-corrected chi connectivity index (χ1v) is 13.3. The maximum absolute atomic E-state index is 13.8. The SMILES string of the molecule is CCCOc1ccc(CN2C(=O)c3cc(-c4cccs4)nn3C[C@]2(C)C(=O)NC2CCCC2)cc1. The highest BCUT2D eigenvalue weighted by molar-refractivity contribution is 7.13. The molecular formula is C27H32N4O3S. The average molecular weight is 493 g/mol. The van der Waals surface area contributed by atoms with E-state index in [2.05, 4.69) is 12.2 Å². The van der Waals surface area contributed by atoms with Gasteiger partial charge in [0.15, 0.2) is 0 Å². The molecule has 1 aromatic carbocycles. The van der Waals surface area contributed by atoms with E-state index in [0.717, 1.165) is 54.0 Å². The smallest absolute Gasteiger partial charge is 0.273 e. The van der Waals surface area contributed by atoms with Crippen LogP contribution in [0.2, 0.25) is 0 Å².